The predicted molar refractivity (Wildman–Crippen MR) is 77.7 cm³/mol. The summed E-state index contributed by atoms with van der Waals surface area (Å²) in [6.07, 6.45) is 7.49. The van der Waals surface area contributed by atoms with Gasteiger partial charge in [-0.25, -0.2) is 0 Å². The fraction of sp³-hybridized carbons (Fsp3) is 0.625. The average molecular weight is 233 g/mol. The molecule has 0 amide bonds. The predicted octanol–water partition coefficient (Wildman–Crippen LogP) is 5.02. The first-order valence-corrected chi connectivity index (χ1v) is 7.16. The van der Waals surface area contributed by atoms with Gasteiger partial charge >= 0.3 is 0 Å². The van der Waals surface area contributed by atoms with E-state index in [1.165, 1.54) is 49.8 Å². The number of para-hydroxylation sites is 1. The molecule has 0 aromatic heterocycles. The number of aryl methyl sites for hydroxylation is 1. The average Bonchev–Trinajstić information content (AvgIpc) is 2.36. The zero-order valence-corrected chi connectivity index (χ0v) is 11.6. The van der Waals surface area contributed by atoms with E-state index in [2.05, 4.69) is 50.4 Å². The number of unbranched alkanes of at least 4 members (excludes halogenated alkanes) is 1. The number of anilines is 1. The van der Waals surface area contributed by atoms with E-state index in [0.717, 1.165) is 0 Å². The van der Waals surface area contributed by atoms with Crippen molar-refractivity contribution in [3.05, 3.63) is 29.8 Å². The van der Waals surface area contributed by atoms with Gasteiger partial charge in [0, 0.05) is 11.7 Å². The largest absolute Gasteiger partial charge is 0.382 e. The zero-order chi connectivity index (χ0) is 12.5. The van der Waals surface area contributed by atoms with E-state index in [9.17, 15) is 0 Å². The third kappa shape index (κ3) is 4.80. The molecule has 0 bridgehead atoms. The molecule has 1 nitrogen and oxygen atoms in total. The number of benzene rings is 1. The van der Waals surface area contributed by atoms with Crippen LogP contribution in [0.3, 0.4) is 0 Å². The van der Waals surface area contributed by atoms with Crippen LogP contribution < -0.4 is 5.32 Å². The van der Waals surface area contributed by atoms with Crippen molar-refractivity contribution in [3.63, 3.8) is 0 Å². The first-order chi connectivity index (χ1) is 8.31. The van der Waals surface area contributed by atoms with E-state index in [4.69, 9.17) is 0 Å². The van der Waals surface area contributed by atoms with Crippen molar-refractivity contribution in [1.29, 1.82) is 0 Å². The molecule has 1 aromatic rings. The Balaban J connectivity index is 2.64. The maximum atomic E-state index is 3.72. The van der Waals surface area contributed by atoms with Crippen molar-refractivity contribution in [2.24, 2.45) is 0 Å². The molecule has 0 saturated carbocycles. The highest BCUT2D eigenvalue weighted by molar-refractivity contribution is 5.51. The smallest absolute Gasteiger partial charge is 0.0374 e. The molecular formula is C16H27N. The van der Waals surface area contributed by atoms with Gasteiger partial charge in [0.1, 0.15) is 0 Å². The zero-order valence-electron chi connectivity index (χ0n) is 11.6. The van der Waals surface area contributed by atoms with Crippen LogP contribution in [0.25, 0.3) is 0 Å². The molecule has 0 saturated heterocycles. The molecule has 1 rings (SSSR count). The summed E-state index contributed by atoms with van der Waals surface area (Å²) in [6, 6.07) is 9.38. The summed E-state index contributed by atoms with van der Waals surface area (Å²) in [5.41, 5.74) is 2.81. The van der Waals surface area contributed by atoms with Gasteiger partial charge in [-0.3, -0.25) is 0 Å². The lowest BCUT2D eigenvalue weighted by Crippen LogP contribution is -2.19. The van der Waals surface area contributed by atoms with Crippen molar-refractivity contribution in [3.8, 4) is 0 Å². The monoisotopic (exact) mass is 233 g/mol. The van der Waals surface area contributed by atoms with Crippen LogP contribution in [0, 0.1) is 0 Å². The van der Waals surface area contributed by atoms with Gasteiger partial charge in [-0.2, -0.15) is 0 Å². The highest BCUT2D eigenvalue weighted by atomic mass is 14.9. The topological polar surface area (TPSA) is 12.0 Å². The van der Waals surface area contributed by atoms with Gasteiger partial charge in [-0.05, 0) is 30.9 Å². The number of nitrogens with one attached hydrogen (secondary N) is 1. The molecule has 1 aromatic carbocycles. The van der Waals surface area contributed by atoms with Crippen molar-refractivity contribution in [1.82, 2.24) is 0 Å². The van der Waals surface area contributed by atoms with Crippen molar-refractivity contribution in [2.75, 3.05) is 5.32 Å². The fourth-order valence-corrected chi connectivity index (χ4v) is 2.20. The van der Waals surface area contributed by atoms with E-state index < -0.39 is 0 Å². The normalized spacial score (nSPS) is 12.4. The molecule has 0 heterocycles. The lowest BCUT2D eigenvalue weighted by Gasteiger charge is -2.20. The van der Waals surface area contributed by atoms with Gasteiger partial charge in [0.25, 0.3) is 0 Å². The minimum absolute atomic E-state index is 0.632. The van der Waals surface area contributed by atoms with Crippen LogP contribution in [-0.4, -0.2) is 6.04 Å². The Morgan fingerprint density at radius 3 is 2.47 bits per heavy atom. The summed E-state index contributed by atoms with van der Waals surface area (Å²) < 4.78 is 0. The first kappa shape index (κ1) is 14.1. The van der Waals surface area contributed by atoms with E-state index in [1.807, 2.05) is 0 Å². The van der Waals surface area contributed by atoms with Gasteiger partial charge in [-0.15, -0.1) is 0 Å². The van der Waals surface area contributed by atoms with Crippen molar-refractivity contribution < 1.29 is 0 Å². The van der Waals surface area contributed by atoms with Gasteiger partial charge in [0.15, 0.2) is 0 Å². The minimum atomic E-state index is 0.632. The molecule has 96 valence electrons. The molecule has 1 N–H and O–H groups in total. The van der Waals surface area contributed by atoms with Crippen LogP contribution in [0.4, 0.5) is 5.69 Å². The summed E-state index contributed by atoms with van der Waals surface area (Å²) in [5, 5.41) is 3.72. The second-order valence-corrected chi connectivity index (χ2v) is 4.80. The second kappa shape index (κ2) is 8.16. The van der Waals surface area contributed by atoms with Crippen LogP contribution in [-0.2, 0) is 6.42 Å². The van der Waals surface area contributed by atoms with Crippen LogP contribution in [0.15, 0.2) is 24.3 Å². The van der Waals surface area contributed by atoms with Crippen LogP contribution in [0.2, 0.25) is 0 Å². The van der Waals surface area contributed by atoms with Crippen LogP contribution in [0.1, 0.15) is 58.4 Å². The highest BCUT2D eigenvalue weighted by Crippen LogP contribution is 2.20. The van der Waals surface area contributed by atoms with Gasteiger partial charge in [0.05, 0.1) is 0 Å². The number of hydrogen-bond acceptors (Lipinski definition) is 1. The lowest BCUT2D eigenvalue weighted by atomic mass is 10.0. The Morgan fingerprint density at radius 1 is 1.06 bits per heavy atom. The first-order valence-electron chi connectivity index (χ1n) is 7.16. The standard InChI is InChI=1S/C16H27N/c1-4-7-12-15(6-3)17-16-13-9-8-11-14(16)10-5-2/h8-9,11,13,15,17H,4-7,10,12H2,1-3H3. The molecule has 1 atom stereocenters. The number of hydrogen-bond donors (Lipinski definition) is 1. The van der Waals surface area contributed by atoms with E-state index >= 15 is 0 Å². The van der Waals surface area contributed by atoms with Gasteiger partial charge < -0.3 is 5.32 Å². The molecule has 0 aliphatic carbocycles. The summed E-state index contributed by atoms with van der Waals surface area (Å²) in [5.74, 6) is 0. The Labute approximate surface area is 107 Å². The molecule has 0 aliphatic heterocycles. The van der Waals surface area contributed by atoms with Crippen LogP contribution >= 0.6 is 0 Å². The molecule has 0 fully saturated rings. The second-order valence-electron chi connectivity index (χ2n) is 4.80. The molecule has 1 unspecified atom stereocenters. The third-order valence-electron chi connectivity index (χ3n) is 3.30. The Bertz CT molecular complexity index is 306. The molecule has 0 spiro atoms. The summed E-state index contributed by atoms with van der Waals surface area (Å²) >= 11 is 0. The number of rotatable bonds is 8. The van der Waals surface area contributed by atoms with Crippen molar-refractivity contribution >= 4 is 5.69 Å². The molecule has 0 radical (unpaired) electrons. The summed E-state index contributed by atoms with van der Waals surface area (Å²) in [7, 11) is 0. The van der Waals surface area contributed by atoms with Gasteiger partial charge in [-0.1, -0.05) is 58.2 Å². The molecule has 1 heteroatoms. The third-order valence-corrected chi connectivity index (χ3v) is 3.30. The fourth-order valence-electron chi connectivity index (χ4n) is 2.20. The van der Waals surface area contributed by atoms with E-state index in [0.29, 0.717) is 6.04 Å². The quantitative estimate of drug-likeness (QED) is 0.664. The highest BCUT2D eigenvalue weighted by Gasteiger charge is 2.07. The Morgan fingerprint density at radius 2 is 1.82 bits per heavy atom. The van der Waals surface area contributed by atoms with E-state index in [1.54, 1.807) is 0 Å². The molecular weight excluding hydrogens is 206 g/mol. The molecule has 0 aliphatic rings. The van der Waals surface area contributed by atoms with E-state index in [-0.39, 0.29) is 0 Å². The molecule has 17 heavy (non-hydrogen) atoms. The summed E-state index contributed by atoms with van der Waals surface area (Å²) in [6.45, 7) is 6.78. The Kier molecular flexibility index (Phi) is 6.76. The maximum Gasteiger partial charge on any atom is 0.0374 e. The SMILES string of the molecule is CCCCC(CC)Nc1ccccc1CCC. The van der Waals surface area contributed by atoms with Crippen LogP contribution in [0.5, 0.6) is 0 Å². The van der Waals surface area contributed by atoms with Crippen molar-refractivity contribution in [2.45, 2.75) is 65.3 Å². The maximum absolute atomic E-state index is 3.72. The minimum Gasteiger partial charge on any atom is -0.382 e. The van der Waals surface area contributed by atoms with Gasteiger partial charge in [0.2, 0.25) is 0 Å². The summed E-state index contributed by atoms with van der Waals surface area (Å²) in [4.78, 5) is 0. The lowest BCUT2D eigenvalue weighted by molar-refractivity contribution is 0.592. The Hall–Kier alpha value is -0.980.